The predicted molar refractivity (Wildman–Crippen MR) is 80.2 cm³/mol. The molecule has 0 saturated heterocycles. The third-order valence-corrected chi connectivity index (χ3v) is 5.05. The van der Waals surface area contributed by atoms with Gasteiger partial charge in [-0.25, -0.2) is 10.8 Å². The zero-order chi connectivity index (χ0) is 13.4. The smallest absolute Gasteiger partial charge is 0.240 e. The van der Waals surface area contributed by atoms with Gasteiger partial charge >= 0.3 is 0 Å². The maximum absolute atomic E-state index is 5.44. The first-order valence-corrected chi connectivity index (χ1v) is 7.55. The Labute approximate surface area is 116 Å². The molecular weight excluding hydrogens is 258 g/mol. The van der Waals surface area contributed by atoms with Crippen LogP contribution in [-0.2, 0) is 0 Å². The van der Waals surface area contributed by atoms with Gasteiger partial charge in [-0.2, -0.15) is 4.98 Å². The molecule has 2 aromatic rings. The molecule has 1 saturated carbocycles. The van der Waals surface area contributed by atoms with Crippen molar-refractivity contribution >= 4 is 33.3 Å². The van der Waals surface area contributed by atoms with Gasteiger partial charge in [-0.1, -0.05) is 13.8 Å². The number of nitrogens with zero attached hydrogens (tertiary/aromatic N) is 2. The van der Waals surface area contributed by atoms with Crippen LogP contribution in [0.3, 0.4) is 0 Å². The third-order valence-electron chi connectivity index (χ3n) is 4.24. The number of nitrogens with one attached hydrogen (secondary N) is 2. The summed E-state index contributed by atoms with van der Waals surface area (Å²) in [7, 11) is 0. The van der Waals surface area contributed by atoms with Crippen LogP contribution in [0.5, 0.6) is 0 Å². The minimum absolute atomic E-state index is 0.469. The van der Waals surface area contributed by atoms with Crippen molar-refractivity contribution in [1.82, 2.24) is 9.97 Å². The molecule has 19 heavy (non-hydrogen) atoms. The van der Waals surface area contributed by atoms with E-state index in [9.17, 15) is 0 Å². The van der Waals surface area contributed by atoms with E-state index in [0.29, 0.717) is 17.9 Å². The first kappa shape index (κ1) is 12.6. The first-order chi connectivity index (χ1) is 9.19. The van der Waals surface area contributed by atoms with Crippen LogP contribution in [0.2, 0.25) is 0 Å². The van der Waals surface area contributed by atoms with Crippen LogP contribution in [0, 0.1) is 11.8 Å². The van der Waals surface area contributed by atoms with Gasteiger partial charge in [-0.3, -0.25) is 5.43 Å². The van der Waals surface area contributed by atoms with Gasteiger partial charge in [-0.15, -0.1) is 11.3 Å². The highest BCUT2D eigenvalue weighted by atomic mass is 32.1. The summed E-state index contributed by atoms with van der Waals surface area (Å²) in [5.74, 6) is 8.23. The highest BCUT2D eigenvalue weighted by Gasteiger charge is 2.30. The maximum Gasteiger partial charge on any atom is 0.240 e. The number of fused-ring (bicyclic) bond motifs is 1. The summed E-state index contributed by atoms with van der Waals surface area (Å²) in [5, 5.41) is 6.70. The molecule has 0 aromatic carbocycles. The largest absolute Gasteiger partial charge is 0.366 e. The second-order valence-corrected chi connectivity index (χ2v) is 6.24. The minimum Gasteiger partial charge on any atom is -0.366 e. The van der Waals surface area contributed by atoms with Gasteiger partial charge in [0, 0.05) is 6.04 Å². The Balaban J connectivity index is 1.93. The molecule has 3 rings (SSSR count). The van der Waals surface area contributed by atoms with Crippen molar-refractivity contribution in [2.75, 3.05) is 10.7 Å². The third kappa shape index (κ3) is 2.26. The number of rotatable bonds is 3. The Hall–Kier alpha value is -1.40. The van der Waals surface area contributed by atoms with Crippen molar-refractivity contribution in [3.63, 3.8) is 0 Å². The molecule has 2 aromatic heterocycles. The normalized spacial score (nSPS) is 26.8. The number of hydrazine groups is 1. The zero-order valence-corrected chi connectivity index (χ0v) is 12.0. The molecule has 4 N–H and O–H groups in total. The van der Waals surface area contributed by atoms with Gasteiger partial charge in [0.15, 0.2) is 0 Å². The number of aromatic nitrogens is 2. The van der Waals surface area contributed by atoms with Crippen molar-refractivity contribution < 1.29 is 0 Å². The molecule has 1 fully saturated rings. The van der Waals surface area contributed by atoms with E-state index in [1.807, 2.05) is 5.38 Å². The summed E-state index contributed by atoms with van der Waals surface area (Å²) in [5.41, 5.74) is 2.54. The second-order valence-electron chi connectivity index (χ2n) is 5.34. The molecule has 0 spiro atoms. The average Bonchev–Trinajstić information content (AvgIpc) is 3.00. The van der Waals surface area contributed by atoms with Crippen LogP contribution < -0.4 is 16.6 Å². The fourth-order valence-electron chi connectivity index (χ4n) is 2.77. The fraction of sp³-hybridized carbons (Fsp3) is 0.538. The van der Waals surface area contributed by atoms with E-state index in [1.54, 1.807) is 11.3 Å². The molecule has 102 valence electrons. The summed E-state index contributed by atoms with van der Waals surface area (Å²) < 4.78 is 0. The molecule has 3 atom stereocenters. The molecule has 1 aliphatic rings. The Bertz CT molecular complexity index is 581. The van der Waals surface area contributed by atoms with Crippen LogP contribution in [-0.4, -0.2) is 16.0 Å². The van der Waals surface area contributed by atoms with Gasteiger partial charge < -0.3 is 5.32 Å². The zero-order valence-electron chi connectivity index (χ0n) is 11.2. The summed E-state index contributed by atoms with van der Waals surface area (Å²) in [4.78, 5) is 9.78. The lowest BCUT2D eigenvalue weighted by Gasteiger charge is -2.20. The average molecular weight is 277 g/mol. The monoisotopic (exact) mass is 277 g/mol. The Kier molecular flexibility index (Phi) is 3.28. The lowest BCUT2D eigenvalue weighted by molar-refractivity contribution is 0.435. The summed E-state index contributed by atoms with van der Waals surface area (Å²) in [6, 6.07) is 2.55. The van der Waals surface area contributed by atoms with Crippen molar-refractivity contribution in [2.45, 2.75) is 32.7 Å². The molecule has 1 aliphatic carbocycles. The number of anilines is 2. The lowest BCUT2D eigenvalue weighted by atomic mass is 9.98. The molecular formula is C13H19N5S. The van der Waals surface area contributed by atoms with Crippen LogP contribution >= 0.6 is 11.3 Å². The summed E-state index contributed by atoms with van der Waals surface area (Å²) in [6.45, 7) is 4.63. The van der Waals surface area contributed by atoms with E-state index in [-0.39, 0.29) is 0 Å². The van der Waals surface area contributed by atoms with E-state index in [4.69, 9.17) is 5.84 Å². The Morgan fingerprint density at radius 1 is 1.32 bits per heavy atom. The highest BCUT2D eigenvalue weighted by Crippen LogP contribution is 2.35. The van der Waals surface area contributed by atoms with E-state index in [2.05, 4.69) is 40.6 Å². The van der Waals surface area contributed by atoms with Crippen molar-refractivity contribution in [3.8, 4) is 0 Å². The molecule has 3 unspecified atom stereocenters. The van der Waals surface area contributed by atoms with E-state index in [0.717, 1.165) is 22.0 Å². The highest BCUT2D eigenvalue weighted by molar-refractivity contribution is 7.16. The molecule has 5 nitrogen and oxygen atoms in total. The van der Waals surface area contributed by atoms with Crippen molar-refractivity contribution in [3.05, 3.63) is 11.4 Å². The number of nitrogen functional groups attached to an aromatic ring is 1. The van der Waals surface area contributed by atoms with Crippen molar-refractivity contribution in [1.29, 1.82) is 0 Å². The van der Waals surface area contributed by atoms with Gasteiger partial charge in [-0.05, 0) is 36.1 Å². The fourth-order valence-corrected chi connectivity index (χ4v) is 3.54. The Morgan fingerprint density at radius 3 is 2.84 bits per heavy atom. The summed E-state index contributed by atoms with van der Waals surface area (Å²) in [6.07, 6.45) is 2.47. The van der Waals surface area contributed by atoms with Gasteiger partial charge in [0.25, 0.3) is 0 Å². The first-order valence-electron chi connectivity index (χ1n) is 6.67. The van der Waals surface area contributed by atoms with Crippen LogP contribution in [0.15, 0.2) is 11.4 Å². The maximum atomic E-state index is 5.44. The van der Waals surface area contributed by atoms with Crippen LogP contribution in [0.1, 0.15) is 26.7 Å². The molecule has 6 heteroatoms. The standard InChI is InChI=1S/C13H19N5S/c1-7-3-4-10(8(7)2)15-11-9-5-6-19-12(9)17-13(16-11)18-14/h5-8,10H,3-4,14H2,1-2H3,(H2,15,16,17,18). The van der Waals surface area contributed by atoms with Crippen LogP contribution in [0.25, 0.3) is 10.2 Å². The van der Waals surface area contributed by atoms with E-state index < -0.39 is 0 Å². The Morgan fingerprint density at radius 2 is 2.16 bits per heavy atom. The molecule has 0 amide bonds. The minimum atomic E-state index is 0.469. The second kappa shape index (κ2) is 4.94. The topological polar surface area (TPSA) is 75.9 Å². The lowest BCUT2D eigenvalue weighted by Crippen LogP contribution is -2.25. The number of hydrogen-bond acceptors (Lipinski definition) is 6. The van der Waals surface area contributed by atoms with Gasteiger partial charge in [0.2, 0.25) is 5.95 Å². The summed E-state index contributed by atoms with van der Waals surface area (Å²) >= 11 is 1.60. The predicted octanol–water partition coefficient (Wildman–Crippen LogP) is 2.82. The number of hydrogen-bond donors (Lipinski definition) is 3. The number of thiophene rings is 1. The molecule has 0 radical (unpaired) electrons. The number of nitrogens with two attached hydrogens (primary N) is 1. The molecule has 0 bridgehead atoms. The molecule has 0 aliphatic heterocycles. The van der Waals surface area contributed by atoms with Gasteiger partial charge in [0.1, 0.15) is 10.6 Å². The van der Waals surface area contributed by atoms with E-state index >= 15 is 0 Å². The van der Waals surface area contributed by atoms with Crippen molar-refractivity contribution in [2.24, 2.45) is 17.7 Å². The van der Waals surface area contributed by atoms with E-state index in [1.165, 1.54) is 12.8 Å². The SMILES string of the molecule is CC1CCC(Nc2nc(NN)nc3sccc23)C1C. The van der Waals surface area contributed by atoms with Gasteiger partial charge in [0.05, 0.1) is 5.39 Å². The quantitative estimate of drug-likeness (QED) is 0.594. The molecule has 2 heterocycles. The van der Waals surface area contributed by atoms with Crippen LogP contribution in [0.4, 0.5) is 11.8 Å².